The Labute approximate surface area is 177 Å². The van der Waals surface area contributed by atoms with E-state index in [1.807, 2.05) is 43.3 Å². The molecule has 1 aliphatic rings. The highest BCUT2D eigenvalue weighted by atomic mass is 32.2. The first-order chi connectivity index (χ1) is 14.3. The fourth-order valence-corrected chi connectivity index (χ4v) is 6.18. The summed E-state index contributed by atoms with van der Waals surface area (Å²) < 4.78 is 33.7. The van der Waals surface area contributed by atoms with Gasteiger partial charge in [-0.3, -0.25) is 10.1 Å². The zero-order valence-electron chi connectivity index (χ0n) is 17.6. The Balaban J connectivity index is 1.73. The van der Waals surface area contributed by atoms with Gasteiger partial charge >= 0.3 is 0 Å². The van der Waals surface area contributed by atoms with Crippen LogP contribution in [0.4, 0.5) is 0 Å². The molecule has 1 atom stereocenters. The lowest BCUT2D eigenvalue weighted by atomic mass is 10.0. The molecule has 0 aliphatic carbocycles. The van der Waals surface area contributed by atoms with Crippen molar-refractivity contribution in [1.29, 1.82) is 0 Å². The third-order valence-electron chi connectivity index (χ3n) is 5.57. The number of nitrogens with zero attached hydrogens (tertiary/aromatic N) is 3. The molecule has 0 saturated carbocycles. The molecule has 4 rings (SSSR count). The number of hydrogen-bond donors (Lipinski definition) is 1. The molecule has 1 aromatic carbocycles. The van der Waals surface area contributed by atoms with Crippen LogP contribution in [0.1, 0.15) is 41.7 Å². The molecule has 1 N–H and O–H groups in total. The second kappa shape index (κ2) is 7.85. The summed E-state index contributed by atoms with van der Waals surface area (Å²) in [4.78, 5) is 4.99. The van der Waals surface area contributed by atoms with E-state index >= 15 is 0 Å². The summed E-state index contributed by atoms with van der Waals surface area (Å²) in [6, 6.07) is 11.6. The first kappa shape index (κ1) is 20.6. The molecular weight excluding hydrogens is 400 g/mol. The van der Waals surface area contributed by atoms with Gasteiger partial charge in [-0.05, 0) is 69.0 Å². The van der Waals surface area contributed by atoms with Crippen LogP contribution in [-0.4, -0.2) is 41.6 Å². The molecule has 7 nitrogen and oxygen atoms in total. The van der Waals surface area contributed by atoms with E-state index in [0.717, 1.165) is 41.1 Å². The van der Waals surface area contributed by atoms with E-state index in [1.165, 1.54) is 0 Å². The maximum absolute atomic E-state index is 13.5. The SMILES string of the molecule is COc1ccc(-c2cc(C)nc([C@@H]3CCCN3S(=O)(=O)c3c(C)n[nH]c3C)c2)cc1. The van der Waals surface area contributed by atoms with Crippen LogP contribution in [0.2, 0.25) is 0 Å². The Kier molecular flexibility index (Phi) is 5.38. The molecule has 0 radical (unpaired) electrons. The molecule has 0 unspecified atom stereocenters. The molecule has 3 heterocycles. The topological polar surface area (TPSA) is 88.2 Å². The molecule has 2 aromatic heterocycles. The van der Waals surface area contributed by atoms with Crippen LogP contribution in [0.15, 0.2) is 41.3 Å². The number of aromatic nitrogens is 3. The molecule has 0 spiro atoms. The van der Waals surface area contributed by atoms with Gasteiger partial charge in [0.2, 0.25) is 10.0 Å². The van der Waals surface area contributed by atoms with E-state index in [2.05, 4.69) is 10.2 Å². The average Bonchev–Trinajstić information content (AvgIpc) is 3.35. The third-order valence-corrected chi connectivity index (χ3v) is 7.74. The van der Waals surface area contributed by atoms with Crippen LogP contribution in [0.3, 0.4) is 0 Å². The van der Waals surface area contributed by atoms with Gasteiger partial charge in [0.15, 0.2) is 0 Å². The third kappa shape index (κ3) is 3.61. The lowest BCUT2D eigenvalue weighted by Crippen LogP contribution is -2.31. The van der Waals surface area contributed by atoms with Gasteiger partial charge in [-0.15, -0.1) is 0 Å². The highest BCUT2D eigenvalue weighted by Gasteiger charge is 2.39. The number of H-pyrrole nitrogens is 1. The van der Waals surface area contributed by atoms with Crippen LogP contribution in [-0.2, 0) is 10.0 Å². The minimum Gasteiger partial charge on any atom is -0.497 e. The first-order valence-electron chi connectivity index (χ1n) is 9.97. The molecule has 3 aromatic rings. The number of benzene rings is 1. The van der Waals surface area contributed by atoms with E-state index in [-0.39, 0.29) is 10.9 Å². The summed E-state index contributed by atoms with van der Waals surface area (Å²) in [5, 5.41) is 6.87. The predicted octanol–water partition coefficient (Wildman–Crippen LogP) is 3.93. The van der Waals surface area contributed by atoms with Crippen molar-refractivity contribution in [3.05, 3.63) is 59.2 Å². The van der Waals surface area contributed by atoms with Crippen LogP contribution in [0.25, 0.3) is 11.1 Å². The van der Waals surface area contributed by atoms with Gasteiger partial charge in [-0.25, -0.2) is 8.42 Å². The zero-order valence-corrected chi connectivity index (χ0v) is 18.5. The van der Waals surface area contributed by atoms with Crippen molar-refractivity contribution in [2.75, 3.05) is 13.7 Å². The van der Waals surface area contributed by atoms with Crippen molar-refractivity contribution in [3.8, 4) is 16.9 Å². The van der Waals surface area contributed by atoms with Crippen molar-refractivity contribution in [3.63, 3.8) is 0 Å². The molecule has 30 heavy (non-hydrogen) atoms. The highest BCUT2D eigenvalue weighted by molar-refractivity contribution is 7.89. The molecule has 1 fully saturated rings. The number of sulfonamides is 1. The lowest BCUT2D eigenvalue weighted by molar-refractivity contribution is 0.389. The van der Waals surface area contributed by atoms with Gasteiger partial charge in [-0.2, -0.15) is 9.40 Å². The fourth-order valence-electron chi connectivity index (χ4n) is 4.18. The standard InChI is InChI=1S/C22H26N4O3S/c1-14-12-18(17-7-9-19(29-4)10-8-17)13-20(23-14)21-6-5-11-26(21)30(27,28)22-15(2)24-25-16(22)3/h7-10,12-13,21H,5-6,11H2,1-4H3,(H,24,25)/t21-/m0/s1. The van der Waals surface area contributed by atoms with Crippen LogP contribution in [0, 0.1) is 20.8 Å². The van der Waals surface area contributed by atoms with Crippen molar-refractivity contribution in [2.24, 2.45) is 0 Å². The molecule has 8 heteroatoms. The molecule has 158 valence electrons. The van der Waals surface area contributed by atoms with Crippen LogP contribution in [0.5, 0.6) is 5.75 Å². The normalized spacial score (nSPS) is 17.4. The quantitative estimate of drug-likeness (QED) is 0.668. The second-order valence-electron chi connectivity index (χ2n) is 7.69. The first-order valence-corrected chi connectivity index (χ1v) is 11.4. The predicted molar refractivity (Wildman–Crippen MR) is 115 cm³/mol. The number of rotatable bonds is 5. The molecular formula is C22H26N4O3S. The van der Waals surface area contributed by atoms with Gasteiger partial charge in [0.05, 0.1) is 30.2 Å². The van der Waals surface area contributed by atoms with E-state index in [1.54, 1.807) is 25.3 Å². The van der Waals surface area contributed by atoms with Gasteiger partial charge in [-0.1, -0.05) is 12.1 Å². The number of hydrogen-bond acceptors (Lipinski definition) is 5. The fraction of sp³-hybridized carbons (Fsp3) is 0.364. The summed E-state index contributed by atoms with van der Waals surface area (Å²) in [7, 11) is -2.03. The Morgan fingerprint density at radius 3 is 2.47 bits per heavy atom. The van der Waals surface area contributed by atoms with Gasteiger partial charge in [0, 0.05) is 12.2 Å². The monoisotopic (exact) mass is 426 g/mol. The van der Waals surface area contributed by atoms with Gasteiger partial charge in [0.1, 0.15) is 10.6 Å². The van der Waals surface area contributed by atoms with Gasteiger partial charge < -0.3 is 4.74 Å². The maximum Gasteiger partial charge on any atom is 0.247 e. The van der Waals surface area contributed by atoms with E-state index in [4.69, 9.17) is 9.72 Å². The second-order valence-corrected chi connectivity index (χ2v) is 9.51. The summed E-state index contributed by atoms with van der Waals surface area (Å²) >= 11 is 0. The molecule has 0 bridgehead atoms. The minimum absolute atomic E-state index is 0.275. The Bertz CT molecular complexity index is 1150. The smallest absolute Gasteiger partial charge is 0.247 e. The van der Waals surface area contributed by atoms with E-state index in [0.29, 0.717) is 17.9 Å². The zero-order chi connectivity index (χ0) is 21.5. The van der Waals surface area contributed by atoms with Gasteiger partial charge in [0.25, 0.3) is 0 Å². The van der Waals surface area contributed by atoms with Crippen LogP contribution >= 0.6 is 0 Å². The van der Waals surface area contributed by atoms with Crippen LogP contribution < -0.4 is 4.74 Å². The number of nitrogens with one attached hydrogen (secondary N) is 1. The Morgan fingerprint density at radius 2 is 1.83 bits per heavy atom. The molecule has 1 saturated heterocycles. The minimum atomic E-state index is -3.67. The number of methoxy groups -OCH3 is 1. The highest BCUT2D eigenvalue weighted by Crippen LogP contribution is 2.38. The van der Waals surface area contributed by atoms with Crippen molar-refractivity contribution in [2.45, 2.75) is 44.6 Å². The number of aryl methyl sites for hydroxylation is 3. The number of aromatic amines is 1. The lowest BCUT2D eigenvalue weighted by Gasteiger charge is -2.24. The summed E-state index contributed by atoms with van der Waals surface area (Å²) in [5.74, 6) is 0.795. The summed E-state index contributed by atoms with van der Waals surface area (Å²) in [6.07, 6.45) is 1.54. The maximum atomic E-state index is 13.5. The van der Waals surface area contributed by atoms with E-state index in [9.17, 15) is 8.42 Å². The molecule has 0 amide bonds. The van der Waals surface area contributed by atoms with E-state index < -0.39 is 10.0 Å². The molecule has 1 aliphatic heterocycles. The largest absolute Gasteiger partial charge is 0.497 e. The van der Waals surface area contributed by atoms with Crippen molar-refractivity contribution >= 4 is 10.0 Å². The van der Waals surface area contributed by atoms with Crippen molar-refractivity contribution in [1.82, 2.24) is 19.5 Å². The average molecular weight is 427 g/mol. The summed E-state index contributed by atoms with van der Waals surface area (Å²) in [5.41, 5.74) is 4.75. The van der Waals surface area contributed by atoms with Crippen molar-refractivity contribution < 1.29 is 13.2 Å². The Hall–Kier alpha value is -2.71. The Morgan fingerprint density at radius 1 is 1.10 bits per heavy atom. The summed E-state index contributed by atoms with van der Waals surface area (Å²) in [6.45, 7) is 5.87. The number of ether oxygens (including phenoxy) is 1. The number of pyridine rings is 1.